The van der Waals surface area contributed by atoms with Gasteiger partial charge in [-0.15, -0.1) is 0 Å². The Kier molecular flexibility index (Phi) is 9.42. The number of rotatable bonds is 7. The highest BCUT2D eigenvalue weighted by molar-refractivity contribution is 5.93. The Hall–Kier alpha value is -6.44. The van der Waals surface area contributed by atoms with Gasteiger partial charge in [-0.05, 0) is 160 Å². The normalized spacial score (nSPS) is 22.6. The van der Waals surface area contributed by atoms with E-state index in [-0.39, 0.29) is 10.8 Å². The molecule has 0 N–H and O–H groups in total. The monoisotopic (exact) mass is 801 g/mol. The molecule has 1 nitrogen and oxygen atoms in total. The number of hydrogen-bond donors (Lipinski definition) is 0. The first-order valence-corrected chi connectivity index (χ1v) is 22.9. The molecule has 6 aliphatic rings. The molecular weight excluding hydrogens is 747 g/mol. The molecule has 0 amide bonds. The van der Waals surface area contributed by atoms with E-state index in [0.717, 1.165) is 32.1 Å². The van der Waals surface area contributed by atoms with E-state index in [4.69, 9.17) is 0 Å². The summed E-state index contributed by atoms with van der Waals surface area (Å²) in [6, 6.07) is 42.1. The van der Waals surface area contributed by atoms with Crippen molar-refractivity contribution in [2.45, 2.75) is 76.5 Å². The lowest BCUT2D eigenvalue weighted by Gasteiger charge is -2.40. The van der Waals surface area contributed by atoms with Gasteiger partial charge in [-0.1, -0.05) is 172 Å². The standard InChI is InChI=1S/C61H55N/c1-5-18-56-41(2)51-35-33-50(40-59(51)60(56,3)4)62(48-31-29-42(30-32-48)43-27-28-45-37-44-19-16-17-24-52(44)54(45)38-43)49-34-36-58-55(39-49)53-25-14-9-15-26-57(53)61(58,47-22-12-8-13-23-47)46-20-10-6-7-11-21-46/h5-8,10,12-20,22-29,31-36,38-40,42,46H,9,11,21,30,37H2,1-4H3/b18-5-. The molecule has 3 unspecified atom stereocenters. The molecule has 0 saturated carbocycles. The number of hydrogen-bond acceptors (Lipinski definition) is 1. The van der Waals surface area contributed by atoms with Crippen LogP contribution in [-0.2, 0) is 17.3 Å². The van der Waals surface area contributed by atoms with E-state index in [1.807, 2.05) is 0 Å². The van der Waals surface area contributed by atoms with Crippen LogP contribution < -0.4 is 4.90 Å². The lowest BCUT2D eigenvalue weighted by atomic mass is 9.62. The van der Waals surface area contributed by atoms with Crippen LogP contribution in [0.25, 0.3) is 22.3 Å². The molecule has 62 heavy (non-hydrogen) atoms. The maximum Gasteiger partial charge on any atom is 0.0526 e. The lowest BCUT2D eigenvalue weighted by Crippen LogP contribution is -2.36. The van der Waals surface area contributed by atoms with Crippen LogP contribution in [0.2, 0.25) is 0 Å². The van der Waals surface area contributed by atoms with Gasteiger partial charge >= 0.3 is 0 Å². The summed E-state index contributed by atoms with van der Waals surface area (Å²) in [5, 5.41) is 0. The number of benzene rings is 5. The van der Waals surface area contributed by atoms with Crippen molar-refractivity contribution in [3.63, 3.8) is 0 Å². The summed E-state index contributed by atoms with van der Waals surface area (Å²) in [5.41, 5.74) is 22.7. The summed E-state index contributed by atoms with van der Waals surface area (Å²) < 4.78 is 0. The van der Waals surface area contributed by atoms with Crippen molar-refractivity contribution < 1.29 is 0 Å². The van der Waals surface area contributed by atoms with Crippen molar-refractivity contribution in [3.05, 3.63) is 250 Å². The van der Waals surface area contributed by atoms with Crippen LogP contribution >= 0.6 is 0 Å². The van der Waals surface area contributed by atoms with Crippen LogP contribution in [0.15, 0.2) is 205 Å². The fourth-order valence-electron chi connectivity index (χ4n) is 11.9. The van der Waals surface area contributed by atoms with Crippen LogP contribution in [0.4, 0.5) is 11.4 Å². The molecule has 0 heterocycles. The third-order valence-electron chi connectivity index (χ3n) is 14.9. The van der Waals surface area contributed by atoms with Gasteiger partial charge in [0.05, 0.1) is 5.41 Å². The summed E-state index contributed by atoms with van der Waals surface area (Å²) in [6.45, 7) is 9.21. The molecule has 1 heteroatoms. The highest BCUT2D eigenvalue weighted by Crippen LogP contribution is 2.59. The van der Waals surface area contributed by atoms with Crippen molar-refractivity contribution in [2.24, 2.45) is 5.92 Å². The first-order chi connectivity index (χ1) is 30.4. The molecule has 3 atom stereocenters. The SMILES string of the molecule is C/C=C\C1=C(C)c2ccc(N(C3=CCC(c4ccc5c(c4)-c4ccccc4C5)C=C3)c3ccc4c(c3)C3=C(C=CCC=C3)C4(c3ccccc3)C3C=CC=CCC3)cc2C1(C)C. The number of nitrogens with zero attached hydrogens (tertiary/aromatic N) is 1. The van der Waals surface area contributed by atoms with E-state index in [9.17, 15) is 0 Å². The first-order valence-electron chi connectivity index (χ1n) is 22.9. The average Bonchev–Trinajstić information content (AvgIpc) is 3.59. The number of anilines is 2. The van der Waals surface area contributed by atoms with Crippen molar-refractivity contribution in [1.82, 2.24) is 0 Å². The summed E-state index contributed by atoms with van der Waals surface area (Å²) in [5.74, 6) is 0.621. The smallest absolute Gasteiger partial charge is 0.0526 e. The van der Waals surface area contributed by atoms with Crippen LogP contribution in [0.5, 0.6) is 0 Å². The fourth-order valence-corrected chi connectivity index (χ4v) is 11.9. The second kappa shape index (κ2) is 15.2. The molecule has 304 valence electrons. The van der Waals surface area contributed by atoms with E-state index < -0.39 is 0 Å². The third kappa shape index (κ3) is 5.96. The predicted molar refractivity (Wildman–Crippen MR) is 263 cm³/mol. The third-order valence-corrected chi connectivity index (χ3v) is 14.9. The molecule has 0 radical (unpaired) electrons. The maximum atomic E-state index is 2.54. The summed E-state index contributed by atoms with van der Waals surface area (Å²) >= 11 is 0. The van der Waals surface area contributed by atoms with Crippen molar-refractivity contribution in [3.8, 4) is 11.1 Å². The van der Waals surface area contributed by atoms with E-state index in [1.54, 1.807) is 0 Å². The van der Waals surface area contributed by atoms with Crippen LogP contribution in [0.3, 0.4) is 0 Å². The van der Waals surface area contributed by atoms with E-state index in [1.165, 1.54) is 95.0 Å². The second-order valence-electron chi connectivity index (χ2n) is 18.6. The zero-order valence-corrected chi connectivity index (χ0v) is 36.5. The lowest BCUT2D eigenvalue weighted by molar-refractivity contribution is 0.429. The number of fused-ring (bicyclic) bond motifs is 6. The topological polar surface area (TPSA) is 3.24 Å². The fraction of sp³-hybridized carbons (Fsp3) is 0.213. The zero-order valence-electron chi connectivity index (χ0n) is 36.5. The Labute approximate surface area is 368 Å². The first kappa shape index (κ1) is 38.5. The minimum Gasteiger partial charge on any atom is -0.311 e. The summed E-state index contributed by atoms with van der Waals surface area (Å²) in [6.07, 6.45) is 35.8. The van der Waals surface area contributed by atoms with Crippen LogP contribution in [0.1, 0.15) is 104 Å². The minimum absolute atomic E-state index is 0.104. The van der Waals surface area contributed by atoms with Crippen LogP contribution in [-0.4, -0.2) is 0 Å². The Morgan fingerprint density at radius 2 is 1.48 bits per heavy atom. The van der Waals surface area contributed by atoms with Gasteiger partial charge in [0.25, 0.3) is 0 Å². The molecule has 6 aliphatic carbocycles. The highest BCUT2D eigenvalue weighted by atomic mass is 15.1. The molecule has 0 fully saturated rings. The minimum atomic E-state index is -0.305. The van der Waals surface area contributed by atoms with Gasteiger partial charge in [-0.25, -0.2) is 0 Å². The van der Waals surface area contributed by atoms with Crippen LogP contribution in [0, 0.1) is 5.92 Å². The molecule has 0 saturated heterocycles. The molecule has 0 aromatic heterocycles. The molecule has 0 aliphatic heterocycles. The Balaban J connectivity index is 1.05. The zero-order chi connectivity index (χ0) is 42.0. The van der Waals surface area contributed by atoms with Gasteiger partial charge in [0.2, 0.25) is 0 Å². The van der Waals surface area contributed by atoms with Gasteiger partial charge in [0.1, 0.15) is 0 Å². The Morgan fingerprint density at radius 3 is 2.34 bits per heavy atom. The highest BCUT2D eigenvalue weighted by Gasteiger charge is 2.49. The summed E-state index contributed by atoms with van der Waals surface area (Å²) in [4.78, 5) is 2.54. The Bertz CT molecular complexity index is 2930. The van der Waals surface area contributed by atoms with Gasteiger partial charge in [-0.3, -0.25) is 0 Å². The molecule has 11 rings (SSSR count). The molecule has 5 aromatic rings. The van der Waals surface area contributed by atoms with Gasteiger partial charge in [-0.2, -0.15) is 0 Å². The summed E-state index contributed by atoms with van der Waals surface area (Å²) in [7, 11) is 0. The Morgan fingerprint density at radius 1 is 0.677 bits per heavy atom. The maximum absolute atomic E-state index is 2.54. The largest absolute Gasteiger partial charge is 0.311 e. The predicted octanol–water partition coefficient (Wildman–Crippen LogP) is 15.8. The van der Waals surface area contributed by atoms with E-state index >= 15 is 0 Å². The van der Waals surface area contributed by atoms with Crippen molar-refractivity contribution >= 4 is 22.5 Å². The molecular formula is C61H55N. The molecule has 0 spiro atoms. The molecule has 0 bridgehead atoms. The van der Waals surface area contributed by atoms with Gasteiger partial charge < -0.3 is 4.90 Å². The van der Waals surface area contributed by atoms with Crippen molar-refractivity contribution in [2.75, 3.05) is 4.90 Å². The molecule has 5 aromatic carbocycles. The van der Waals surface area contributed by atoms with Crippen molar-refractivity contribution in [1.29, 1.82) is 0 Å². The second-order valence-corrected chi connectivity index (χ2v) is 18.6. The quantitative estimate of drug-likeness (QED) is 0.155. The van der Waals surface area contributed by atoms with E-state index in [0.29, 0.717) is 11.8 Å². The van der Waals surface area contributed by atoms with E-state index in [2.05, 4.69) is 221 Å². The average molecular weight is 802 g/mol. The van der Waals surface area contributed by atoms with Gasteiger partial charge in [0, 0.05) is 28.4 Å². The van der Waals surface area contributed by atoms with Gasteiger partial charge in [0.15, 0.2) is 0 Å². The number of allylic oxidation sites excluding steroid dienone is 17.